The Bertz CT molecular complexity index is 2070. The number of ether oxygens (including phenoxy) is 4. The van der Waals surface area contributed by atoms with Crippen molar-refractivity contribution in [3.63, 3.8) is 0 Å². The van der Waals surface area contributed by atoms with Crippen LogP contribution in [0.15, 0.2) is 68.0 Å². The van der Waals surface area contributed by atoms with E-state index in [1.165, 1.54) is 18.4 Å². The molecule has 10 nitrogen and oxygen atoms in total. The molecule has 4 heterocycles. The average Bonchev–Trinajstić information content (AvgIpc) is 3.52. The van der Waals surface area contributed by atoms with Crippen molar-refractivity contribution in [1.29, 1.82) is 0 Å². The van der Waals surface area contributed by atoms with Gasteiger partial charge in [0, 0.05) is 40.2 Å². The van der Waals surface area contributed by atoms with Crippen molar-refractivity contribution in [3.05, 3.63) is 100 Å². The van der Waals surface area contributed by atoms with Gasteiger partial charge in [-0.15, -0.1) is 0 Å². The first-order valence-electron chi connectivity index (χ1n) is 15.4. The van der Waals surface area contributed by atoms with Gasteiger partial charge in [0.1, 0.15) is 6.04 Å². The predicted molar refractivity (Wildman–Crippen MR) is 186 cm³/mol. The molecule has 1 fully saturated rings. The number of allylic oxidation sites excluding steroid dienone is 1. The molecular formula is C35H37BrN4O6S. The predicted octanol–water partition coefficient (Wildman–Crippen LogP) is 4.82. The summed E-state index contributed by atoms with van der Waals surface area (Å²) in [7, 11) is 3.09. The number of hydrogen-bond donors (Lipinski definition) is 0. The molecule has 0 saturated carbocycles. The van der Waals surface area contributed by atoms with Crippen molar-refractivity contribution in [2.75, 3.05) is 52.0 Å². The van der Waals surface area contributed by atoms with Crippen molar-refractivity contribution >= 4 is 45.0 Å². The lowest BCUT2D eigenvalue weighted by Gasteiger charge is -2.30. The third-order valence-electron chi connectivity index (χ3n) is 8.54. The first-order chi connectivity index (χ1) is 22.7. The lowest BCUT2D eigenvalue weighted by atomic mass is 9.94. The highest BCUT2D eigenvalue weighted by atomic mass is 79.9. The number of anilines is 1. The van der Waals surface area contributed by atoms with Crippen molar-refractivity contribution in [3.8, 4) is 17.2 Å². The zero-order valence-corrected chi connectivity index (χ0v) is 29.7. The second-order valence-corrected chi connectivity index (χ2v) is 13.1. The van der Waals surface area contributed by atoms with Crippen LogP contribution in [0.2, 0.25) is 0 Å². The van der Waals surface area contributed by atoms with Crippen LogP contribution in [0.4, 0.5) is 5.69 Å². The van der Waals surface area contributed by atoms with E-state index >= 15 is 0 Å². The van der Waals surface area contributed by atoms with Crippen molar-refractivity contribution in [1.82, 2.24) is 9.13 Å². The van der Waals surface area contributed by atoms with Gasteiger partial charge in [-0.1, -0.05) is 23.5 Å². The molecule has 2 aromatic heterocycles. The maximum Gasteiger partial charge on any atom is 0.338 e. The highest BCUT2D eigenvalue weighted by Crippen LogP contribution is 2.40. The van der Waals surface area contributed by atoms with E-state index in [-0.39, 0.29) is 17.7 Å². The van der Waals surface area contributed by atoms with Crippen LogP contribution >= 0.6 is 27.3 Å². The van der Waals surface area contributed by atoms with Gasteiger partial charge in [0.2, 0.25) is 0 Å². The van der Waals surface area contributed by atoms with Gasteiger partial charge in [0.05, 0.1) is 55.5 Å². The number of methoxy groups -OCH3 is 2. The Balaban J connectivity index is 1.47. The SMILES string of the molecule is CCOC(=O)C1=C(C)N=c2sc(=Cc3cc(C)n(-c4ccc(N5CCOCC5)c(Br)c4)c3C)c(=O)n2C1c1cccc(OC)c1OC. The third-order valence-corrected chi connectivity index (χ3v) is 10.2. The molecule has 0 radical (unpaired) electrons. The van der Waals surface area contributed by atoms with Crippen LogP contribution in [-0.2, 0) is 14.3 Å². The summed E-state index contributed by atoms with van der Waals surface area (Å²) < 4.78 is 27.6. The van der Waals surface area contributed by atoms with Crippen LogP contribution in [-0.4, -0.2) is 62.2 Å². The number of halogens is 1. The summed E-state index contributed by atoms with van der Waals surface area (Å²) in [6, 6.07) is 13.1. The number of nitrogens with zero attached hydrogens (tertiary/aromatic N) is 4. The van der Waals surface area contributed by atoms with Gasteiger partial charge in [0.25, 0.3) is 5.56 Å². The van der Waals surface area contributed by atoms with E-state index in [1.54, 1.807) is 31.6 Å². The summed E-state index contributed by atoms with van der Waals surface area (Å²) in [5, 5.41) is 0. The monoisotopic (exact) mass is 720 g/mol. The van der Waals surface area contributed by atoms with E-state index < -0.39 is 12.0 Å². The molecule has 6 rings (SSSR count). The largest absolute Gasteiger partial charge is 0.493 e. The van der Waals surface area contributed by atoms with Gasteiger partial charge in [-0.3, -0.25) is 9.36 Å². The molecule has 0 amide bonds. The highest BCUT2D eigenvalue weighted by Gasteiger charge is 2.36. The van der Waals surface area contributed by atoms with Gasteiger partial charge in [-0.25, -0.2) is 9.79 Å². The summed E-state index contributed by atoms with van der Waals surface area (Å²) in [5.74, 6) is 0.384. The van der Waals surface area contributed by atoms with Gasteiger partial charge >= 0.3 is 5.97 Å². The fourth-order valence-electron chi connectivity index (χ4n) is 6.38. The Morgan fingerprint density at radius 1 is 1.11 bits per heavy atom. The quantitative estimate of drug-likeness (QED) is 0.241. The Morgan fingerprint density at radius 2 is 1.87 bits per heavy atom. The molecule has 1 atom stereocenters. The van der Waals surface area contributed by atoms with Crippen molar-refractivity contribution < 1.29 is 23.7 Å². The van der Waals surface area contributed by atoms with Gasteiger partial charge in [-0.2, -0.15) is 0 Å². The minimum absolute atomic E-state index is 0.185. The maximum absolute atomic E-state index is 14.3. The van der Waals surface area contributed by atoms with Crippen LogP contribution in [0.25, 0.3) is 11.8 Å². The molecule has 2 aliphatic rings. The number of thiazole rings is 1. The smallest absolute Gasteiger partial charge is 0.338 e. The maximum atomic E-state index is 14.3. The molecule has 1 unspecified atom stereocenters. The second-order valence-electron chi connectivity index (χ2n) is 11.3. The number of morpholine rings is 1. The molecular weight excluding hydrogens is 684 g/mol. The number of fused-ring (bicyclic) bond motifs is 1. The van der Waals surface area contributed by atoms with Crippen LogP contribution in [0.1, 0.15) is 42.4 Å². The molecule has 0 spiro atoms. The van der Waals surface area contributed by atoms with Crippen molar-refractivity contribution in [2.45, 2.75) is 33.7 Å². The molecule has 0 bridgehead atoms. The topological polar surface area (TPSA) is 96.5 Å². The minimum atomic E-state index is -0.827. The van der Waals surface area contributed by atoms with E-state index in [4.69, 9.17) is 23.9 Å². The van der Waals surface area contributed by atoms with Crippen LogP contribution < -0.4 is 29.3 Å². The zero-order chi connectivity index (χ0) is 33.4. The molecule has 4 aromatic rings. The lowest BCUT2D eigenvalue weighted by Crippen LogP contribution is -2.40. The van der Waals surface area contributed by atoms with Crippen LogP contribution in [0.3, 0.4) is 0 Å². The van der Waals surface area contributed by atoms with Crippen LogP contribution in [0.5, 0.6) is 11.5 Å². The molecule has 47 heavy (non-hydrogen) atoms. The fourth-order valence-corrected chi connectivity index (χ4v) is 8.04. The molecule has 2 aromatic carbocycles. The average molecular weight is 722 g/mol. The van der Waals surface area contributed by atoms with E-state index in [0.717, 1.165) is 59.1 Å². The number of para-hydroxylation sites is 1. The van der Waals surface area contributed by atoms with E-state index in [1.807, 2.05) is 25.1 Å². The van der Waals surface area contributed by atoms with E-state index in [2.05, 4.69) is 56.6 Å². The number of esters is 1. The summed E-state index contributed by atoms with van der Waals surface area (Å²) in [6.45, 7) is 10.9. The lowest BCUT2D eigenvalue weighted by molar-refractivity contribution is -0.139. The number of aryl methyl sites for hydroxylation is 1. The van der Waals surface area contributed by atoms with E-state index in [9.17, 15) is 9.59 Å². The fraction of sp³-hybridized carbons (Fsp3) is 0.343. The minimum Gasteiger partial charge on any atom is -0.493 e. The standard InChI is InChI=1S/C35H37BrN4O6S/c1-7-46-34(42)30-21(3)37-35-40(31(30)25-9-8-10-28(43-5)32(25)44-6)33(41)29(47-35)18-23-17-20(2)39(22(23)4)24-11-12-27(26(36)19-24)38-13-15-45-16-14-38/h8-12,17-19,31H,7,13-16H2,1-6H3. The number of rotatable bonds is 8. The third kappa shape index (κ3) is 5.94. The summed E-state index contributed by atoms with van der Waals surface area (Å²) in [6.07, 6.45) is 1.91. The highest BCUT2D eigenvalue weighted by molar-refractivity contribution is 9.10. The Hall–Kier alpha value is -4.13. The molecule has 0 aliphatic carbocycles. The first kappa shape index (κ1) is 32.8. The number of hydrogen-bond acceptors (Lipinski definition) is 9. The first-order valence-corrected chi connectivity index (χ1v) is 17.0. The number of carbonyl (C=O) groups excluding carboxylic acids is 1. The molecule has 1 saturated heterocycles. The van der Waals surface area contributed by atoms with E-state index in [0.29, 0.717) is 32.1 Å². The molecule has 12 heteroatoms. The second kappa shape index (κ2) is 13.5. The van der Waals surface area contributed by atoms with Gasteiger partial charge in [-0.05, 0) is 85.6 Å². The number of carbonyl (C=O) groups is 1. The number of benzene rings is 2. The summed E-state index contributed by atoms with van der Waals surface area (Å²) >= 11 is 5.08. The summed E-state index contributed by atoms with van der Waals surface area (Å²) in [5.41, 5.74) is 6.20. The Kier molecular flexibility index (Phi) is 9.45. The molecule has 246 valence electrons. The van der Waals surface area contributed by atoms with Crippen molar-refractivity contribution in [2.24, 2.45) is 4.99 Å². The van der Waals surface area contributed by atoms with Crippen LogP contribution in [0, 0.1) is 13.8 Å². The van der Waals surface area contributed by atoms with Gasteiger partial charge in [0.15, 0.2) is 16.3 Å². The summed E-state index contributed by atoms with van der Waals surface area (Å²) in [4.78, 5) is 35.2. The Labute approximate surface area is 285 Å². The number of aromatic nitrogens is 2. The molecule has 0 N–H and O–H groups in total. The Morgan fingerprint density at radius 3 is 2.55 bits per heavy atom. The molecule has 2 aliphatic heterocycles. The van der Waals surface area contributed by atoms with Gasteiger partial charge < -0.3 is 28.4 Å². The normalized spacial score (nSPS) is 16.6. The zero-order valence-electron chi connectivity index (χ0n) is 27.3.